The number of methoxy groups -OCH3 is 2. The third kappa shape index (κ3) is 9.01. The van der Waals surface area contributed by atoms with Crippen molar-refractivity contribution >= 4 is 40.0 Å². The maximum atomic E-state index is 12.8. The van der Waals surface area contributed by atoms with Gasteiger partial charge in [-0.1, -0.05) is 25.7 Å². The maximum Gasteiger partial charge on any atom is 0.407 e. The van der Waals surface area contributed by atoms with Gasteiger partial charge < -0.3 is 39.9 Å². The van der Waals surface area contributed by atoms with Crippen LogP contribution in [0.5, 0.6) is 0 Å². The summed E-state index contributed by atoms with van der Waals surface area (Å²) in [5, 5.41) is 5.29. The van der Waals surface area contributed by atoms with E-state index in [9.17, 15) is 14.4 Å². The molecule has 4 aromatic rings. The molecule has 0 aliphatic rings. The Morgan fingerprint density at radius 3 is 1.70 bits per heavy atom. The average molecular weight is 629 g/mol. The van der Waals surface area contributed by atoms with Gasteiger partial charge in [0.05, 0.1) is 55.9 Å². The lowest BCUT2D eigenvalue weighted by Gasteiger charge is -2.21. The lowest BCUT2D eigenvalue weighted by Crippen LogP contribution is -2.40. The van der Waals surface area contributed by atoms with E-state index in [2.05, 4.69) is 53.7 Å². The number of hydrogen-bond acceptors (Lipinski definition) is 8. The molecular formula is C33H40N8O5. The van der Waals surface area contributed by atoms with Gasteiger partial charge in [-0.3, -0.25) is 9.59 Å². The summed E-state index contributed by atoms with van der Waals surface area (Å²) in [6.07, 6.45) is 0.921. The summed E-state index contributed by atoms with van der Waals surface area (Å²) in [6.45, 7) is 9.38. The lowest BCUT2D eigenvalue weighted by atomic mass is 10.1. The number of ether oxygens (including phenoxy) is 2. The van der Waals surface area contributed by atoms with E-state index in [0.717, 1.165) is 46.0 Å². The van der Waals surface area contributed by atoms with E-state index < -0.39 is 6.09 Å². The van der Waals surface area contributed by atoms with Gasteiger partial charge in [0.15, 0.2) is 5.88 Å². The Labute approximate surface area is 267 Å². The molecule has 4 rings (SSSR count). The Morgan fingerprint density at radius 1 is 0.783 bits per heavy atom. The largest absolute Gasteiger partial charge is 0.483 e. The highest BCUT2D eigenvalue weighted by molar-refractivity contribution is 5.83. The summed E-state index contributed by atoms with van der Waals surface area (Å²) in [4.78, 5) is 56.1. The number of benzene rings is 2. The van der Waals surface area contributed by atoms with Crippen LogP contribution < -0.4 is 10.6 Å². The van der Waals surface area contributed by atoms with Crippen LogP contribution in [0, 0.1) is 11.8 Å². The molecule has 46 heavy (non-hydrogen) atoms. The molecule has 0 spiro atoms. The van der Waals surface area contributed by atoms with Crippen LogP contribution in [-0.2, 0) is 32.2 Å². The molecule has 0 saturated carbocycles. The minimum absolute atomic E-state index is 0.0758. The minimum atomic E-state index is -0.654. The molecule has 0 aliphatic heterocycles. The summed E-state index contributed by atoms with van der Waals surface area (Å²) in [7, 11) is 2.75. The fraction of sp³-hybridized carbons (Fsp3) is 0.364. The van der Waals surface area contributed by atoms with E-state index in [0.29, 0.717) is 37.2 Å². The molecule has 0 atom stereocenters. The molecule has 2 heterocycles. The zero-order valence-corrected chi connectivity index (χ0v) is 26.7. The van der Waals surface area contributed by atoms with Crippen molar-refractivity contribution in [2.45, 2.75) is 39.8 Å². The zero-order chi connectivity index (χ0) is 33.1. The van der Waals surface area contributed by atoms with Gasteiger partial charge in [0.1, 0.15) is 18.2 Å². The number of H-pyrrole nitrogens is 2. The molecule has 2 aromatic carbocycles. The van der Waals surface area contributed by atoms with Crippen molar-refractivity contribution in [3.05, 3.63) is 71.6 Å². The number of aromatic amines is 2. The maximum absolute atomic E-state index is 12.8. The van der Waals surface area contributed by atoms with Crippen molar-refractivity contribution in [1.29, 1.82) is 0 Å². The van der Waals surface area contributed by atoms with Crippen LogP contribution in [0.15, 0.2) is 48.9 Å². The monoisotopic (exact) mass is 628 g/mol. The Morgan fingerprint density at radius 2 is 1.26 bits per heavy atom. The number of amides is 3. The lowest BCUT2D eigenvalue weighted by molar-refractivity contribution is -0.131. The molecule has 0 bridgehead atoms. The molecular weight excluding hydrogens is 588 g/mol. The number of imidazole rings is 2. The first-order valence-corrected chi connectivity index (χ1v) is 15.1. The highest BCUT2D eigenvalue weighted by Gasteiger charge is 2.17. The number of fused-ring (bicyclic) bond motifs is 2. The first kappa shape index (κ1) is 33.4. The van der Waals surface area contributed by atoms with Gasteiger partial charge in [-0.25, -0.2) is 14.8 Å². The minimum Gasteiger partial charge on any atom is -0.483 e. The SMILES string of the molecule is C=C(NCC(=O)N(CCC)Cc1nc2ccc(C#Cc3ccc4nc(CN(CCC)C(=O)CNC(=O)OC)[nH]c4c3)cc2[nH]1)OC. The third-order valence-electron chi connectivity index (χ3n) is 7.04. The molecule has 0 saturated heterocycles. The zero-order valence-electron chi connectivity index (χ0n) is 26.7. The van der Waals surface area contributed by atoms with Gasteiger partial charge in [-0.2, -0.15) is 0 Å². The van der Waals surface area contributed by atoms with E-state index in [1.807, 2.05) is 50.2 Å². The molecule has 0 aliphatic carbocycles. The molecule has 2 aromatic heterocycles. The van der Waals surface area contributed by atoms with Gasteiger partial charge in [-0.05, 0) is 55.8 Å². The average Bonchev–Trinajstić information content (AvgIpc) is 3.66. The van der Waals surface area contributed by atoms with E-state index in [-0.39, 0.29) is 31.4 Å². The standard InChI is InChI=1S/C33H40N8O5/c1-6-14-40(31(42)18-34-22(3)45-4)20-29-36-25-12-10-23(16-27(25)38-29)8-9-24-11-13-26-28(17-24)39-30(37-26)21-41(15-7-2)32(43)19-35-33(44)46-5/h10-13,16-17,34H,3,6-7,14-15,18-21H2,1-2,4-5H3,(H,35,44)(H,36,38)(H,37,39). The van der Waals surface area contributed by atoms with Crippen LogP contribution in [0.25, 0.3) is 22.1 Å². The summed E-state index contributed by atoms with van der Waals surface area (Å²) in [6, 6.07) is 11.5. The number of rotatable bonds is 14. The van der Waals surface area contributed by atoms with E-state index >= 15 is 0 Å². The van der Waals surface area contributed by atoms with Crippen molar-refractivity contribution in [3.63, 3.8) is 0 Å². The first-order valence-electron chi connectivity index (χ1n) is 15.1. The van der Waals surface area contributed by atoms with Crippen molar-refractivity contribution in [2.24, 2.45) is 0 Å². The van der Waals surface area contributed by atoms with Crippen molar-refractivity contribution < 1.29 is 23.9 Å². The van der Waals surface area contributed by atoms with Crippen LogP contribution in [0.4, 0.5) is 4.79 Å². The Balaban J connectivity index is 1.44. The molecule has 242 valence electrons. The quantitative estimate of drug-likeness (QED) is 0.122. The summed E-state index contributed by atoms with van der Waals surface area (Å²) in [5.74, 6) is 7.79. The molecule has 13 nitrogen and oxygen atoms in total. The summed E-state index contributed by atoms with van der Waals surface area (Å²) in [5.41, 5.74) is 4.80. The second-order valence-electron chi connectivity index (χ2n) is 10.5. The molecule has 13 heteroatoms. The number of nitrogens with one attached hydrogen (secondary N) is 4. The summed E-state index contributed by atoms with van der Waals surface area (Å²) < 4.78 is 9.53. The smallest absolute Gasteiger partial charge is 0.407 e. The van der Waals surface area contributed by atoms with Crippen molar-refractivity contribution in [1.82, 2.24) is 40.4 Å². The van der Waals surface area contributed by atoms with Gasteiger partial charge in [0, 0.05) is 24.2 Å². The van der Waals surface area contributed by atoms with Crippen molar-refractivity contribution in [2.75, 3.05) is 40.4 Å². The Kier molecular flexibility index (Phi) is 11.6. The second kappa shape index (κ2) is 16.0. The van der Waals surface area contributed by atoms with Gasteiger partial charge in [0.2, 0.25) is 11.8 Å². The third-order valence-corrected chi connectivity index (χ3v) is 7.04. The first-order chi connectivity index (χ1) is 22.2. The number of carbonyl (C=O) groups is 3. The van der Waals surface area contributed by atoms with Crippen molar-refractivity contribution in [3.8, 4) is 11.8 Å². The van der Waals surface area contributed by atoms with Gasteiger partial charge in [0.25, 0.3) is 0 Å². The molecule has 4 N–H and O–H groups in total. The number of alkyl carbamates (subject to hydrolysis) is 1. The number of hydrogen-bond donors (Lipinski definition) is 4. The van der Waals surface area contributed by atoms with Crippen LogP contribution >= 0.6 is 0 Å². The van der Waals surface area contributed by atoms with Crippen LogP contribution in [0.1, 0.15) is 49.5 Å². The van der Waals surface area contributed by atoms with E-state index in [4.69, 9.17) is 4.74 Å². The number of aromatic nitrogens is 4. The molecule has 0 fully saturated rings. The summed E-state index contributed by atoms with van der Waals surface area (Å²) >= 11 is 0. The van der Waals surface area contributed by atoms with Gasteiger partial charge in [-0.15, -0.1) is 0 Å². The fourth-order valence-electron chi connectivity index (χ4n) is 4.75. The fourth-order valence-corrected chi connectivity index (χ4v) is 4.75. The highest BCUT2D eigenvalue weighted by Crippen LogP contribution is 2.17. The molecule has 0 unspecified atom stereocenters. The topological polar surface area (TPSA) is 158 Å². The van der Waals surface area contributed by atoms with Gasteiger partial charge >= 0.3 is 6.09 Å². The Hall–Kier alpha value is -5.51. The normalized spacial score (nSPS) is 10.6. The Bertz CT molecular complexity index is 1640. The molecule has 3 amide bonds. The second-order valence-corrected chi connectivity index (χ2v) is 10.5. The van der Waals surface area contributed by atoms with Crippen LogP contribution in [0.3, 0.4) is 0 Å². The number of nitrogens with zero attached hydrogens (tertiary/aromatic N) is 4. The van der Waals surface area contributed by atoms with E-state index in [1.165, 1.54) is 14.2 Å². The van der Waals surface area contributed by atoms with Crippen LogP contribution in [-0.4, -0.2) is 88.0 Å². The van der Waals surface area contributed by atoms with Crippen LogP contribution in [0.2, 0.25) is 0 Å². The highest BCUT2D eigenvalue weighted by atomic mass is 16.5. The number of carbonyl (C=O) groups excluding carboxylic acids is 3. The predicted molar refractivity (Wildman–Crippen MR) is 174 cm³/mol. The van der Waals surface area contributed by atoms with E-state index in [1.54, 1.807) is 9.80 Å². The predicted octanol–water partition coefficient (Wildman–Crippen LogP) is 3.38. The molecule has 0 radical (unpaired) electrons.